The van der Waals surface area contributed by atoms with Crippen LogP contribution in [-0.2, 0) is 0 Å². The second-order valence-corrected chi connectivity index (χ2v) is 4.66. The fourth-order valence-corrected chi connectivity index (χ4v) is 2.03. The van der Waals surface area contributed by atoms with Crippen LogP contribution in [0, 0.1) is 13.8 Å². The lowest BCUT2D eigenvalue weighted by Gasteiger charge is -2.11. The first-order chi connectivity index (χ1) is 9.61. The molecule has 0 unspecified atom stereocenters. The van der Waals surface area contributed by atoms with Crippen molar-refractivity contribution in [2.24, 2.45) is 0 Å². The number of benzene rings is 1. The number of carbonyl (C=O) groups is 1. The second-order valence-electron chi connectivity index (χ2n) is 4.66. The third kappa shape index (κ3) is 3.15. The maximum atomic E-state index is 12.3. The average Bonchev–Trinajstić information content (AvgIpc) is 2.43. The van der Waals surface area contributed by atoms with Gasteiger partial charge in [-0.25, -0.2) is 4.98 Å². The van der Waals surface area contributed by atoms with Crippen LogP contribution in [0.25, 0.3) is 0 Å². The Hall–Kier alpha value is -2.36. The third-order valence-electron chi connectivity index (χ3n) is 3.06. The van der Waals surface area contributed by atoms with Crippen molar-refractivity contribution in [3.8, 4) is 0 Å². The molecule has 1 aromatic carbocycles. The second kappa shape index (κ2) is 6.19. The van der Waals surface area contributed by atoms with Gasteiger partial charge in [-0.3, -0.25) is 4.79 Å². The molecule has 0 atom stereocenters. The fourth-order valence-electron chi connectivity index (χ4n) is 2.03. The number of amides is 1. The van der Waals surface area contributed by atoms with Crippen molar-refractivity contribution >= 4 is 17.4 Å². The van der Waals surface area contributed by atoms with Gasteiger partial charge < -0.3 is 10.6 Å². The zero-order valence-electron chi connectivity index (χ0n) is 12.0. The number of hydrogen-bond donors (Lipinski definition) is 2. The Bertz CT molecular complexity index is 603. The number of rotatable bonds is 4. The molecular weight excluding hydrogens is 250 g/mol. The number of aromatic nitrogens is 1. The van der Waals surface area contributed by atoms with Crippen LogP contribution < -0.4 is 10.6 Å². The Labute approximate surface area is 119 Å². The monoisotopic (exact) mass is 269 g/mol. The summed E-state index contributed by atoms with van der Waals surface area (Å²) in [6, 6.07) is 11.3. The average molecular weight is 269 g/mol. The fraction of sp³-hybridized carbons (Fsp3) is 0.250. The Kier molecular flexibility index (Phi) is 4.35. The van der Waals surface area contributed by atoms with Crippen LogP contribution in [-0.4, -0.2) is 17.4 Å². The van der Waals surface area contributed by atoms with Gasteiger partial charge in [-0.15, -0.1) is 0 Å². The molecular formula is C16H19N3O. The molecule has 0 fully saturated rings. The van der Waals surface area contributed by atoms with Crippen LogP contribution in [0.15, 0.2) is 36.4 Å². The van der Waals surface area contributed by atoms with Crippen molar-refractivity contribution in [3.63, 3.8) is 0 Å². The summed E-state index contributed by atoms with van der Waals surface area (Å²) in [4.78, 5) is 16.6. The highest BCUT2D eigenvalue weighted by molar-refractivity contribution is 6.03. The standard InChI is InChI=1S/C16H19N3O/c1-4-17-14-10-6-9-13(18-14)16(20)19-15-11(2)7-5-8-12(15)3/h5-10H,4H2,1-3H3,(H,17,18)(H,19,20). The van der Waals surface area contributed by atoms with Crippen molar-refractivity contribution in [1.29, 1.82) is 0 Å². The molecule has 0 spiro atoms. The summed E-state index contributed by atoms with van der Waals surface area (Å²) < 4.78 is 0. The van der Waals surface area contributed by atoms with Gasteiger partial charge in [-0.2, -0.15) is 0 Å². The van der Waals surface area contributed by atoms with E-state index < -0.39 is 0 Å². The van der Waals surface area contributed by atoms with Crippen molar-refractivity contribution in [2.45, 2.75) is 20.8 Å². The number of nitrogens with one attached hydrogen (secondary N) is 2. The molecule has 1 heterocycles. The van der Waals surface area contributed by atoms with Crippen LogP contribution in [0.2, 0.25) is 0 Å². The van der Waals surface area contributed by atoms with Gasteiger partial charge in [0.1, 0.15) is 11.5 Å². The van der Waals surface area contributed by atoms with E-state index in [0.717, 1.165) is 23.4 Å². The number of nitrogens with zero attached hydrogens (tertiary/aromatic N) is 1. The van der Waals surface area contributed by atoms with Gasteiger partial charge in [0.2, 0.25) is 0 Å². The van der Waals surface area contributed by atoms with Crippen LogP contribution in [0.4, 0.5) is 11.5 Å². The van der Waals surface area contributed by atoms with E-state index in [-0.39, 0.29) is 5.91 Å². The first-order valence-corrected chi connectivity index (χ1v) is 6.70. The number of carbonyl (C=O) groups excluding carboxylic acids is 1. The molecule has 2 N–H and O–H groups in total. The zero-order chi connectivity index (χ0) is 14.5. The molecule has 2 aromatic rings. The van der Waals surface area contributed by atoms with E-state index in [1.807, 2.05) is 51.1 Å². The lowest BCUT2D eigenvalue weighted by atomic mass is 10.1. The summed E-state index contributed by atoms with van der Waals surface area (Å²) in [6.07, 6.45) is 0. The summed E-state index contributed by atoms with van der Waals surface area (Å²) in [5, 5.41) is 6.03. The Morgan fingerprint density at radius 1 is 1.10 bits per heavy atom. The van der Waals surface area contributed by atoms with E-state index in [1.54, 1.807) is 6.07 Å². The van der Waals surface area contributed by atoms with Crippen molar-refractivity contribution < 1.29 is 4.79 Å². The van der Waals surface area contributed by atoms with Gasteiger partial charge in [0.15, 0.2) is 0 Å². The molecule has 104 valence electrons. The molecule has 2 rings (SSSR count). The lowest BCUT2D eigenvalue weighted by Crippen LogP contribution is -2.16. The molecule has 0 radical (unpaired) electrons. The molecule has 0 aliphatic carbocycles. The summed E-state index contributed by atoms with van der Waals surface area (Å²) in [6.45, 7) is 6.72. The lowest BCUT2D eigenvalue weighted by molar-refractivity contribution is 0.102. The van der Waals surface area contributed by atoms with E-state index in [9.17, 15) is 4.79 Å². The Balaban J connectivity index is 2.22. The smallest absolute Gasteiger partial charge is 0.274 e. The Morgan fingerprint density at radius 3 is 2.40 bits per heavy atom. The maximum absolute atomic E-state index is 12.3. The molecule has 1 aromatic heterocycles. The van der Waals surface area contributed by atoms with Crippen molar-refractivity contribution in [1.82, 2.24) is 4.98 Å². The number of para-hydroxylation sites is 1. The zero-order valence-corrected chi connectivity index (χ0v) is 12.0. The van der Waals surface area contributed by atoms with E-state index in [4.69, 9.17) is 0 Å². The van der Waals surface area contributed by atoms with Crippen molar-refractivity contribution in [2.75, 3.05) is 17.2 Å². The summed E-state index contributed by atoms with van der Waals surface area (Å²) >= 11 is 0. The van der Waals surface area contributed by atoms with Gasteiger partial charge in [0.05, 0.1) is 0 Å². The molecule has 0 bridgehead atoms. The molecule has 20 heavy (non-hydrogen) atoms. The molecule has 4 nitrogen and oxygen atoms in total. The minimum absolute atomic E-state index is 0.192. The molecule has 4 heteroatoms. The van der Waals surface area contributed by atoms with Crippen LogP contribution in [0.1, 0.15) is 28.5 Å². The van der Waals surface area contributed by atoms with E-state index in [2.05, 4.69) is 15.6 Å². The largest absolute Gasteiger partial charge is 0.370 e. The van der Waals surface area contributed by atoms with Gasteiger partial charge in [0, 0.05) is 12.2 Å². The van der Waals surface area contributed by atoms with Crippen LogP contribution in [0.5, 0.6) is 0 Å². The highest BCUT2D eigenvalue weighted by Gasteiger charge is 2.11. The predicted molar refractivity (Wildman–Crippen MR) is 82.3 cm³/mol. The van der Waals surface area contributed by atoms with E-state index in [1.165, 1.54) is 0 Å². The number of hydrogen-bond acceptors (Lipinski definition) is 3. The molecule has 0 aliphatic heterocycles. The number of anilines is 2. The highest BCUT2D eigenvalue weighted by Crippen LogP contribution is 2.20. The summed E-state index contributed by atoms with van der Waals surface area (Å²) in [5.74, 6) is 0.517. The minimum Gasteiger partial charge on any atom is -0.370 e. The number of aryl methyl sites for hydroxylation is 2. The maximum Gasteiger partial charge on any atom is 0.274 e. The first-order valence-electron chi connectivity index (χ1n) is 6.70. The SMILES string of the molecule is CCNc1cccc(C(=O)Nc2c(C)cccc2C)n1. The van der Waals surface area contributed by atoms with Gasteiger partial charge in [-0.05, 0) is 44.0 Å². The van der Waals surface area contributed by atoms with Gasteiger partial charge >= 0.3 is 0 Å². The normalized spacial score (nSPS) is 10.2. The minimum atomic E-state index is -0.192. The molecule has 0 saturated heterocycles. The van der Waals surface area contributed by atoms with Gasteiger partial charge in [0.25, 0.3) is 5.91 Å². The number of pyridine rings is 1. The third-order valence-corrected chi connectivity index (χ3v) is 3.06. The van der Waals surface area contributed by atoms with Gasteiger partial charge in [-0.1, -0.05) is 24.3 Å². The van der Waals surface area contributed by atoms with Crippen molar-refractivity contribution in [3.05, 3.63) is 53.2 Å². The van der Waals surface area contributed by atoms with Crippen LogP contribution in [0.3, 0.4) is 0 Å². The first kappa shape index (κ1) is 14.1. The predicted octanol–water partition coefficient (Wildman–Crippen LogP) is 3.38. The van der Waals surface area contributed by atoms with E-state index >= 15 is 0 Å². The quantitative estimate of drug-likeness (QED) is 0.894. The Morgan fingerprint density at radius 2 is 1.75 bits per heavy atom. The van der Waals surface area contributed by atoms with E-state index in [0.29, 0.717) is 11.5 Å². The highest BCUT2D eigenvalue weighted by atomic mass is 16.1. The topological polar surface area (TPSA) is 54.0 Å². The van der Waals surface area contributed by atoms with Crippen LogP contribution >= 0.6 is 0 Å². The summed E-state index contributed by atoms with van der Waals surface area (Å²) in [7, 11) is 0. The molecule has 0 saturated carbocycles. The molecule has 1 amide bonds. The molecule has 0 aliphatic rings. The summed E-state index contributed by atoms with van der Waals surface area (Å²) in [5.41, 5.74) is 3.35.